The average molecular weight is 446 g/mol. The van der Waals surface area contributed by atoms with E-state index in [2.05, 4.69) is 15.6 Å². The second-order valence-corrected chi connectivity index (χ2v) is 7.10. The summed E-state index contributed by atoms with van der Waals surface area (Å²) < 4.78 is 1.60. The van der Waals surface area contributed by atoms with E-state index in [1.165, 1.54) is 18.3 Å². The number of rotatable bonds is 6. The fourth-order valence-corrected chi connectivity index (χ4v) is 3.25. The minimum Gasteiger partial charge on any atom is -0.267 e. The molecule has 1 aromatic heterocycles. The number of carbonyl (C=O) groups excluding carboxylic acids is 1. The van der Waals surface area contributed by atoms with Crippen molar-refractivity contribution >= 4 is 29.4 Å². The molecule has 1 amide bonds. The maximum absolute atomic E-state index is 12.3. The van der Waals surface area contributed by atoms with Gasteiger partial charge >= 0.3 is 0 Å². The maximum atomic E-state index is 12.3. The summed E-state index contributed by atoms with van der Waals surface area (Å²) in [5.41, 5.74) is 5.57. The fourth-order valence-electron chi connectivity index (χ4n) is 3.03. The SMILES string of the molecule is O=C(NN=Cc1cn(-c2ccc([N+](=O)[O-])cc2)nc1-c1ccccc1)c1ccccc1Cl. The molecule has 32 heavy (non-hydrogen) atoms. The summed E-state index contributed by atoms with van der Waals surface area (Å²) in [7, 11) is 0. The molecule has 0 aliphatic heterocycles. The highest BCUT2D eigenvalue weighted by molar-refractivity contribution is 6.33. The van der Waals surface area contributed by atoms with Gasteiger partial charge in [-0.25, -0.2) is 10.1 Å². The van der Waals surface area contributed by atoms with Gasteiger partial charge in [0.05, 0.1) is 27.4 Å². The minimum absolute atomic E-state index is 0.00624. The Morgan fingerprint density at radius 2 is 1.72 bits per heavy atom. The number of hydrogen-bond acceptors (Lipinski definition) is 5. The Hall–Kier alpha value is -4.30. The number of hydrogen-bond donors (Lipinski definition) is 1. The summed E-state index contributed by atoms with van der Waals surface area (Å²) in [6, 6.07) is 22.2. The Labute approximate surface area is 187 Å². The molecule has 4 rings (SSSR count). The van der Waals surface area contributed by atoms with Crippen LogP contribution in [0.15, 0.2) is 90.2 Å². The molecular weight excluding hydrogens is 430 g/mol. The number of nitrogens with one attached hydrogen (secondary N) is 1. The first-order chi connectivity index (χ1) is 15.5. The molecule has 1 N–H and O–H groups in total. The molecule has 0 unspecified atom stereocenters. The largest absolute Gasteiger partial charge is 0.272 e. The highest BCUT2D eigenvalue weighted by atomic mass is 35.5. The Balaban J connectivity index is 1.64. The number of nitro benzene ring substituents is 1. The van der Waals surface area contributed by atoms with Crippen LogP contribution in [0.3, 0.4) is 0 Å². The van der Waals surface area contributed by atoms with Crippen LogP contribution in [0.2, 0.25) is 5.02 Å². The molecule has 0 atom stereocenters. The van der Waals surface area contributed by atoms with Gasteiger partial charge in [-0.2, -0.15) is 10.2 Å². The van der Waals surface area contributed by atoms with Gasteiger partial charge in [0.15, 0.2) is 0 Å². The van der Waals surface area contributed by atoms with Gasteiger partial charge in [0.25, 0.3) is 11.6 Å². The van der Waals surface area contributed by atoms with E-state index in [-0.39, 0.29) is 5.69 Å². The molecule has 0 saturated heterocycles. The number of carbonyl (C=O) groups is 1. The topological polar surface area (TPSA) is 102 Å². The lowest BCUT2D eigenvalue weighted by atomic mass is 10.1. The molecule has 0 aliphatic rings. The third kappa shape index (κ3) is 4.55. The van der Waals surface area contributed by atoms with Crippen molar-refractivity contribution in [2.75, 3.05) is 0 Å². The number of halogens is 1. The molecule has 0 saturated carbocycles. The van der Waals surface area contributed by atoms with E-state index in [4.69, 9.17) is 11.6 Å². The van der Waals surface area contributed by atoms with E-state index >= 15 is 0 Å². The van der Waals surface area contributed by atoms with Gasteiger partial charge in [-0.05, 0) is 24.3 Å². The number of non-ortho nitro benzene ring substituents is 1. The molecule has 1 heterocycles. The lowest BCUT2D eigenvalue weighted by molar-refractivity contribution is -0.384. The first-order valence-corrected chi connectivity index (χ1v) is 9.88. The smallest absolute Gasteiger partial charge is 0.267 e. The molecular formula is C23H16ClN5O3. The van der Waals surface area contributed by atoms with E-state index in [0.717, 1.165) is 5.56 Å². The Morgan fingerprint density at radius 1 is 1.03 bits per heavy atom. The Bertz CT molecular complexity index is 1300. The van der Waals surface area contributed by atoms with Crippen LogP contribution in [-0.2, 0) is 0 Å². The third-order valence-corrected chi connectivity index (χ3v) is 4.93. The van der Waals surface area contributed by atoms with E-state index < -0.39 is 10.8 Å². The standard InChI is InChI=1S/C23H16ClN5O3/c24-21-9-5-4-8-20(21)23(30)26-25-14-17-15-28(18-10-12-19(13-11-18)29(31)32)27-22(17)16-6-2-1-3-7-16/h1-15H,(H,26,30). The van der Waals surface area contributed by atoms with Gasteiger partial charge in [0, 0.05) is 29.5 Å². The number of aromatic nitrogens is 2. The summed E-state index contributed by atoms with van der Waals surface area (Å²) in [4.78, 5) is 22.8. The van der Waals surface area contributed by atoms with E-state index in [9.17, 15) is 14.9 Å². The predicted molar refractivity (Wildman–Crippen MR) is 122 cm³/mol. The first kappa shape index (κ1) is 21.0. The van der Waals surface area contributed by atoms with E-state index in [1.54, 1.807) is 47.3 Å². The third-order valence-electron chi connectivity index (χ3n) is 4.60. The van der Waals surface area contributed by atoms with Gasteiger partial charge in [-0.15, -0.1) is 0 Å². The molecule has 0 aliphatic carbocycles. The van der Waals surface area contributed by atoms with E-state index in [1.807, 2.05) is 30.3 Å². The second kappa shape index (κ2) is 9.23. The van der Waals surface area contributed by atoms with Gasteiger partial charge in [-0.3, -0.25) is 14.9 Å². The van der Waals surface area contributed by atoms with Crippen LogP contribution in [0, 0.1) is 10.1 Å². The summed E-state index contributed by atoms with van der Waals surface area (Å²) in [6.07, 6.45) is 3.22. The number of benzene rings is 3. The highest BCUT2D eigenvalue weighted by Gasteiger charge is 2.13. The zero-order valence-corrected chi connectivity index (χ0v) is 17.3. The molecule has 0 fully saturated rings. The van der Waals surface area contributed by atoms with Crippen molar-refractivity contribution in [1.82, 2.24) is 15.2 Å². The highest BCUT2D eigenvalue weighted by Crippen LogP contribution is 2.23. The summed E-state index contributed by atoms with van der Waals surface area (Å²) >= 11 is 6.05. The van der Waals surface area contributed by atoms with Crippen LogP contribution in [0.4, 0.5) is 5.69 Å². The average Bonchev–Trinajstić information content (AvgIpc) is 3.24. The van der Waals surface area contributed by atoms with Crippen molar-refractivity contribution in [3.05, 3.63) is 111 Å². The molecule has 0 bridgehead atoms. The van der Waals surface area contributed by atoms with E-state index in [0.29, 0.717) is 27.5 Å². The summed E-state index contributed by atoms with van der Waals surface area (Å²) in [5, 5.41) is 19.9. The maximum Gasteiger partial charge on any atom is 0.272 e. The van der Waals surface area contributed by atoms with Crippen LogP contribution in [0.5, 0.6) is 0 Å². The number of nitrogens with zero attached hydrogens (tertiary/aromatic N) is 4. The monoisotopic (exact) mass is 445 g/mol. The lowest BCUT2D eigenvalue weighted by Crippen LogP contribution is -2.17. The van der Waals surface area contributed by atoms with Gasteiger partial charge in [0.1, 0.15) is 5.69 Å². The molecule has 0 spiro atoms. The van der Waals surface area contributed by atoms with Crippen molar-refractivity contribution in [2.45, 2.75) is 0 Å². The van der Waals surface area contributed by atoms with Crippen LogP contribution in [0.25, 0.3) is 16.9 Å². The Kier molecular flexibility index (Phi) is 6.05. The zero-order chi connectivity index (χ0) is 22.5. The summed E-state index contributed by atoms with van der Waals surface area (Å²) in [6.45, 7) is 0. The molecule has 8 nitrogen and oxygen atoms in total. The first-order valence-electron chi connectivity index (χ1n) is 9.51. The van der Waals surface area contributed by atoms with Crippen LogP contribution >= 0.6 is 11.6 Å². The number of hydrazone groups is 1. The van der Waals surface area contributed by atoms with Crippen LogP contribution < -0.4 is 5.43 Å². The van der Waals surface area contributed by atoms with Gasteiger partial charge in [-0.1, -0.05) is 54.1 Å². The normalized spacial score (nSPS) is 10.9. The van der Waals surface area contributed by atoms with Crippen molar-refractivity contribution in [3.8, 4) is 16.9 Å². The molecule has 0 radical (unpaired) electrons. The fraction of sp³-hybridized carbons (Fsp3) is 0. The predicted octanol–water partition coefficient (Wildman–Crippen LogP) is 4.86. The van der Waals surface area contributed by atoms with Crippen molar-refractivity contribution in [2.24, 2.45) is 5.10 Å². The molecule has 3 aromatic carbocycles. The second-order valence-electron chi connectivity index (χ2n) is 6.70. The minimum atomic E-state index is -0.456. The summed E-state index contributed by atoms with van der Waals surface area (Å²) in [5.74, 6) is -0.434. The van der Waals surface area contributed by atoms with Gasteiger partial charge < -0.3 is 0 Å². The Morgan fingerprint density at radius 3 is 2.41 bits per heavy atom. The zero-order valence-electron chi connectivity index (χ0n) is 16.6. The lowest BCUT2D eigenvalue weighted by Gasteiger charge is -2.01. The van der Waals surface area contributed by atoms with Crippen molar-refractivity contribution in [1.29, 1.82) is 0 Å². The van der Waals surface area contributed by atoms with Crippen LogP contribution in [-0.4, -0.2) is 26.8 Å². The number of nitro groups is 1. The molecule has 9 heteroatoms. The quantitative estimate of drug-likeness (QED) is 0.260. The number of amides is 1. The molecule has 158 valence electrons. The van der Waals surface area contributed by atoms with Crippen molar-refractivity contribution < 1.29 is 9.72 Å². The molecule has 4 aromatic rings. The van der Waals surface area contributed by atoms with Crippen LogP contribution in [0.1, 0.15) is 15.9 Å². The van der Waals surface area contributed by atoms with Crippen molar-refractivity contribution in [3.63, 3.8) is 0 Å². The van der Waals surface area contributed by atoms with Gasteiger partial charge in [0.2, 0.25) is 0 Å².